The van der Waals surface area contributed by atoms with Crippen LogP contribution in [0.4, 0.5) is 0 Å². The Labute approximate surface area is 82.9 Å². The Bertz CT molecular complexity index is 155. The summed E-state index contributed by atoms with van der Waals surface area (Å²) in [5, 5.41) is 10.3. The van der Waals surface area contributed by atoms with E-state index in [1.807, 2.05) is 0 Å². The lowest BCUT2D eigenvalue weighted by Crippen LogP contribution is -2.40. The van der Waals surface area contributed by atoms with Crippen LogP contribution in [0.5, 0.6) is 0 Å². The highest BCUT2D eigenvalue weighted by atomic mass is 16.3. The molecule has 1 nitrogen and oxygen atoms in total. The standard InChI is InChI=1S/C12H24O/c1-6-8-9-10-12(13,7-2)11(3,4)5/h7,13H,2,6,8-10H2,1,3-5H3. The van der Waals surface area contributed by atoms with Gasteiger partial charge in [-0.05, 0) is 11.8 Å². The molecule has 0 bridgehead atoms. The molecule has 0 aliphatic rings. The van der Waals surface area contributed by atoms with Crippen molar-refractivity contribution < 1.29 is 5.11 Å². The fourth-order valence-electron chi connectivity index (χ4n) is 1.43. The number of hydrogen-bond acceptors (Lipinski definition) is 1. The van der Waals surface area contributed by atoms with Gasteiger partial charge in [0, 0.05) is 0 Å². The molecule has 13 heavy (non-hydrogen) atoms. The van der Waals surface area contributed by atoms with Gasteiger partial charge in [-0.1, -0.05) is 53.0 Å². The molecule has 78 valence electrons. The van der Waals surface area contributed by atoms with Crippen LogP contribution in [-0.2, 0) is 0 Å². The summed E-state index contributed by atoms with van der Waals surface area (Å²) in [7, 11) is 0. The minimum Gasteiger partial charge on any atom is -0.385 e. The van der Waals surface area contributed by atoms with E-state index in [2.05, 4.69) is 34.3 Å². The summed E-state index contributed by atoms with van der Waals surface area (Å²) in [5.41, 5.74) is -0.815. The minimum absolute atomic E-state index is 0.109. The molecule has 0 aromatic heterocycles. The van der Waals surface area contributed by atoms with E-state index in [0.29, 0.717) is 0 Å². The Morgan fingerprint density at radius 3 is 2.08 bits per heavy atom. The van der Waals surface area contributed by atoms with Crippen molar-refractivity contribution in [2.24, 2.45) is 5.41 Å². The third-order valence-corrected chi connectivity index (χ3v) is 2.80. The Morgan fingerprint density at radius 2 is 1.77 bits per heavy atom. The van der Waals surface area contributed by atoms with Crippen LogP contribution in [0.1, 0.15) is 53.4 Å². The minimum atomic E-state index is -0.706. The summed E-state index contributed by atoms with van der Waals surface area (Å²) < 4.78 is 0. The highest BCUT2D eigenvalue weighted by Gasteiger charge is 2.36. The molecule has 1 N–H and O–H groups in total. The number of hydrogen-bond donors (Lipinski definition) is 1. The molecule has 1 atom stereocenters. The molecule has 0 spiro atoms. The van der Waals surface area contributed by atoms with E-state index in [9.17, 15) is 5.11 Å². The van der Waals surface area contributed by atoms with E-state index in [1.54, 1.807) is 6.08 Å². The van der Waals surface area contributed by atoms with Crippen LogP contribution in [0.3, 0.4) is 0 Å². The molecule has 0 aliphatic carbocycles. The van der Waals surface area contributed by atoms with Crippen molar-refractivity contribution >= 4 is 0 Å². The first-order valence-electron chi connectivity index (χ1n) is 5.23. The molecule has 0 aliphatic heterocycles. The molecule has 0 heterocycles. The van der Waals surface area contributed by atoms with Crippen molar-refractivity contribution in [2.45, 2.75) is 59.0 Å². The van der Waals surface area contributed by atoms with E-state index in [0.717, 1.165) is 12.8 Å². The van der Waals surface area contributed by atoms with Crippen LogP contribution in [0, 0.1) is 5.41 Å². The topological polar surface area (TPSA) is 20.2 Å². The number of unbranched alkanes of at least 4 members (excludes halogenated alkanes) is 2. The van der Waals surface area contributed by atoms with Crippen LogP contribution >= 0.6 is 0 Å². The van der Waals surface area contributed by atoms with E-state index >= 15 is 0 Å². The van der Waals surface area contributed by atoms with Crippen molar-refractivity contribution in [3.8, 4) is 0 Å². The zero-order chi connectivity index (χ0) is 10.5. The van der Waals surface area contributed by atoms with Gasteiger partial charge in [-0.2, -0.15) is 0 Å². The third-order valence-electron chi connectivity index (χ3n) is 2.80. The summed E-state index contributed by atoms with van der Waals surface area (Å²) >= 11 is 0. The molecule has 0 saturated carbocycles. The van der Waals surface area contributed by atoms with Crippen molar-refractivity contribution in [1.29, 1.82) is 0 Å². The lowest BCUT2D eigenvalue weighted by Gasteiger charge is -2.38. The Kier molecular flexibility index (Phi) is 4.69. The van der Waals surface area contributed by atoms with Gasteiger partial charge in [0.2, 0.25) is 0 Å². The third kappa shape index (κ3) is 3.51. The number of aliphatic hydroxyl groups is 1. The summed E-state index contributed by atoms with van der Waals surface area (Å²) in [6, 6.07) is 0. The molecule has 0 rings (SSSR count). The summed E-state index contributed by atoms with van der Waals surface area (Å²) in [6.07, 6.45) is 5.98. The summed E-state index contributed by atoms with van der Waals surface area (Å²) in [6.45, 7) is 12.1. The second-order valence-electron chi connectivity index (χ2n) is 4.84. The van der Waals surface area contributed by atoms with Gasteiger partial charge < -0.3 is 5.11 Å². The smallest absolute Gasteiger partial charge is 0.0873 e. The van der Waals surface area contributed by atoms with Gasteiger partial charge in [-0.25, -0.2) is 0 Å². The molecule has 1 heteroatoms. The van der Waals surface area contributed by atoms with Crippen molar-refractivity contribution in [2.75, 3.05) is 0 Å². The van der Waals surface area contributed by atoms with Gasteiger partial charge in [0.1, 0.15) is 0 Å². The Morgan fingerprint density at radius 1 is 1.23 bits per heavy atom. The first kappa shape index (κ1) is 12.7. The van der Waals surface area contributed by atoms with E-state index < -0.39 is 5.60 Å². The molecule has 0 amide bonds. The fourth-order valence-corrected chi connectivity index (χ4v) is 1.43. The van der Waals surface area contributed by atoms with E-state index in [1.165, 1.54) is 12.8 Å². The Balaban J connectivity index is 4.21. The van der Waals surface area contributed by atoms with Crippen LogP contribution in [0.15, 0.2) is 12.7 Å². The lowest BCUT2D eigenvalue weighted by atomic mass is 9.73. The molecular formula is C12H24O. The predicted molar refractivity (Wildman–Crippen MR) is 58.7 cm³/mol. The second kappa shape index (κ2) is 4.80. The average Bonchev–Trinajstić information content (AvgIpc) is 2.02. The van der Waals surface area contributed by atoms with Gasteiger partial charge in [0.25, 0.3) is 0 Å². The molecular weight excluding hydrogens is 160 g/mol. The highest BCUT2D eigenvalue weighted by Crippen LogP contribution is 2.35. The largest absolute Gasteiger partial charge is 0.385 e. The van der Waals surface area contributed by atoms with Crippen molar-refractivity contribution in [3.63, 3.8) is 0 Å². The van der Waals surface area contributed by atoms with Crippen LogP contribution in [0.2, 0.25) is 0 Å². The van der Waals surface area contributed by atoms with Crippen LogP contribution < -0.4 is 0 Å². The number of rotatable bonds is 5. The molecule has 0 saturated heterocycles. The maximum atomic E-state index is 10.3. The summed E-state index contributed by atoms with van der Waals surface area (Å²) in [4.78, 5) is 0. The first-order valence-corrected chi connectivity index (χ1v) is 5.23. The van der Waals surface area contributed by atoms with Crippen molar-refractivity contribution in [3.05, 3.63) is 12.7 Å². The Hall–Kier alpha value is -0.300. The van der Waals surface area contributed by atoms with Crippen LogP contribution in [-0.4, -0.2) is 10.7 Å². The summed E-state index contributed by atoms with van der Waals surface area (Å²) in [5.74, 6) is 0. The van der Waals surface area contributed by atoms with Gasteiger partial charge in [0.15, 0.2) is 0 Å². The lowest BCUT2D eigenvalue weighted by molar-refractivity contribution is -0.0222. The van der Waals surface area contributed by atoms with Crippen LogP contribution in [0.25, 0.3) is 0 Å². The highest BCUT2D eigenvalue weighted by molar-refractivity contribution is 5.03. The van der Waals surface area contributed by atoms with Gasteiger partial charge in [0.05, 0.1) is 5.60 Å². The van der Waals surface area contributed by atoms with E-state index in [4.69, 9.17) is 0 Å². The van der Waals surface area contributed by atoms with Crippen molar-refractivity contribution in [1.82, 2.24) is 0 Å². The average molecular weight is 184 g/mol. The fraction of sp³-hybridized carbons (Fsp3) is 0.833. The zero-order valence-electron chi connectivity index (χ0n) is 9.56. The zero-order valence-corrected chi connectivity index (χ0v) is 9.56. The monoisotopic (exact) mass is 184 g/mol. The molecule has 0 aromatic rings. The normalized spacial score (nSPS) is 16.7. The molecule has 0 aromatic carbocycles. The van der Waals surface area contributed by atoms with Gasteiger partial charge in [-0.3, -0.25) is 0 Å². The quantitative estimate of drug-likeness (QED) is 0.512. The maximum Gasteiger partial charge on any atom is 0.0873 e. The van der Waals surface area contributed by atoms with E-state index in [-0.39, 0.29) is 5.41 Å². The predicted octanol–water partition coefficient (Wildman–Crippen LogP) is 3.53. The molecule has 1 unspecified atom stereocenters. The maximum absolute atomic E-state index is 10.3. The van der Waals surface area contributed by atoms with Gasteiger partial charge >= 0.3 is 0 Å². The molecule has 0 radical (unpaired) electrons. The first-order chi connectivity index (χ1) is 5.87. The second-order valence-corrected chi connectivity index (χ2v) is 4.84. The van der Waals surface area contributed by atoms with Gasteiger partial charge in [-0.15, -0.1) is 6.58 Å². The molecule has 0 fully saturated rings. The SMILES string of the molecule is C=CC(O)(CCCCC)C(C)(C)C.